The van der Waals surface area contributed by atoms with E-state index in [9.17, 15) is 9.59 Å². The summed E-state index contributed by atoms with van der Waals surface area (Å²) in [6, 6.07) is 3.12. The molecule has 0 aliphatic carbocycles. The van der Waals surface area contributed by atoms with Gasteiger partial charge in [0, 0.05) is 15.6 Å². The van der Waals surface area contributed by atoms with Crippen LogP contribution >= 0.6 is 31.9 Å². The fourth-order valence-corrected chi connectivity index (χ4v) is 3.18. The molecular formula is C12H11Br2NO4. The van der Waals surface area contributed by atoms with Crippen LogP contribution < -0.4 is 5.32 Å². The summed E-state index contributed by atoms with van der Waals surface area (Å²) in [6.07, 6.45) is 0.991. The highest BCUT2D eigenvalue weighted by atomic mass is 79.9. The Labute approximate surface area is 126 Å². The number of halogens is 2. The predicted molar refractivity (Wildman–Crippen MR) is 76.4 cm³/mol. The molecule has 102 valence electrons. The van der Waals surface area contributed by atoms with Crippen LogP contribution in [-0.2, 0) is 9.53 Å². The molecule has 1 fully saturated rings. The van der Waals surface area contributed by atoms with Crippen molar-refractivity contribution in [2.24, 2.45) is 0 Å². The van der Waals surface area contributed by atoms with Crippen molar-refractivity contribution in [1.29, 1.82) is 0 Å². The molecule has 1 aromatic carbocycles. The molecule has 0 radical (unpaired) electrons. The maximum Gasteiger partial charge on any atom is 0.337 e. The number of nitrogens with one attached hydrogen (secondary N) is 1. The summed E-state index contributed by atoms with van der Waals surface area (Å²) in [5.74, 6) is -1.42. The summed E-state index contributed by atoms with van der Waals surface area (Å²) in [6.45, 7) is 0.561. The zero-order valence-corrected chi connectivity index (χ0v) is 13.0. The zero-order valence-electron chi connectivity index (χ0n) is 9.78. The molecule has 2 rings (SSSR count). The number of carboxylic acid groups (broad SMARTS) is 1. The molecule has 2 N–H and O–H groups in total. The first-order valence-corrected chi connectivity index (χ1v) is 7.22. The summed E-state index contributed by atoms with van der Waals surface area (Å²) in [4.78, 5) is 23.2. The maximum atomic E-state index is 12.0. The van der Waals surface area contributed by atoms with E-state index in [0.29, 0.717) is 22.0 Å². The summed E-state index contributed by atoms with van der Waals surface area (Å²) in [5, 5.41) is 11.8. The van der Waals surface area contributed by atoms with Crippen LogP contribution in [0, 0.1) is 0 Å². The third-order valence-electron chi connectivity index (χ3n) is 2.76. The van der Waals surface area contributed by atoms with E-state index in [0.717, 1.165) is 6.42 Å². The van der Waals surface area contributed by atoms with Crippen LogP contribution in [0.2, 0.25) is 0 Å². The topological polar surface area (TPSA) is 75.6 Å². The van der Waals surface area contributed by atoms with Crippen molar-refractivity contribution in [3.8, 4) is 0 Å². The van der Waals surface area contributed by atoms with Crippen molar-refractivity contribution in [2.75, 3.05) is 11.9 Å². The van der Waals surface area contributed by atoms with Gasteiger partial charge in [-0.2, -0.15) is 0 Å². The first-order valence-electron chi connectivity index (χ1n) is 5.64. The number of hydrogen-bond acceptors (Lipinski definition) is 3. The normalized spacial score (nSPS) is 18.3. The van der Waals surface area contributed by atoms with Gasteiger partial charge in [0.2, 0.25) is 0 Å². The van der Waals surface area contributed by atoms with Crippen molar-refractivity contribution in [3.05, 3.63) is 26.6 Å². The average Bonchev–Trinajstić information content (AvgIpc) is 2.85. The molecule has 0 aromatic heterocycles. The standard InChI is InChI=1S/C12H11Br2NO4/c13-6-4-7(12(17)18)10(8(14)5-6)15-11(16)9-2-1-3-19-9/h4-5,9H,1-3H2,(H,15,16)(H,17,18). The second-order valence-corrected chi connectivity index (χ2v) is 5.88. The number of carbonyl (C=O) groups is 2. The fraction of sp³-hybridized carbons (Fsp3) is 0.333. The Hall–Kier alpha value is -0.920. The van der Waals surface area contributed by atoms with Crippen molar-refractivity contribution in [1.82, 2.24) is 0 Å². The Morgan fingerprint density at radius 2 is 2.11 bits per heavy atom. The predicted octanol–water partition coefficient (Wildman–Crippen LogP) is 3.03. The van der Waals surface area contributed by atoms with Gasteiger partial charge in [-0.1, -0.05) is 15.9 Å². The molecule has 0 spiro atoms. The van der Waals surface area contributed by atoms with E-state index >= 15 is 0 Å². The van der Waals surface area contributed by atoms with E-state index in [4.69, 9.17) is 9.84 Å². The van der Waals surface area contributed by atoms with Crippen LogP contribution in [0.5, 0.6) is 0 Å². The average molecular weight is 393 g/mol. The third kappa shape index (κ3) is 3.34. The van der Waals surface area contributed by atoms with Crippen LogP contribution in [0.15, 0.2) is 21.1 Å². The van der Waals surface area contributed by atoms with Crippen molar-refractivity contribution >= 4 is 49.4 Å². The van der Waals surface area contributed by atoms with Crippen LogP contribution in [-0.4, -0.2) is 29.7 Å². The van der Waals surface area contributed by atoms with Gasteiger partial charge in [-0.05, 0) is 40.9 Å². The van der Waals surface area contributed by atoms with E-state index in [-0.39, 0.29) is 17.2 Å². The number of carbonyl (C=O) groups excluding carboxylic acids is 1. The fourth-order valence-electron chi connectivity index (χ4n) is 1.86. The largest absolute Gasteiger partial charge is 0.478 e. The lowest BCUT2D eigenvalue weighted by Crippen LogP contribution is -2.27. The van der Waals surface area contributed by atoms with Gasteiger partial charge in [-0.3, -0.25) is 4.79 Å². The molecule has 1 heterocycles. The Kier molecular flexibility index (Phi) is 4.59. The number of amides is 1. The second kappa shape index (κ2) is 6.02. The van der Waals surface area contributed by atoms with Crippen LogP contribution in [0.3, 0.4) is 0 Å². The lowest BCUT2D eigenvalue weighted by atomic mass is 10.1. The summed E-state index contributed by atoms with van der Waals surface area (Å²) >= 11 is 6.47. The van der Waals surface area contributed by atoms with Crippen LogP contribution in [0.1, 0.15) is 23.2 Å². The first-order chi connectivity index (χ1) is 8.99. The van der Waals surface area contributed by atoms with E-state index in [1.165, 1.54) is 6.07 Å². The van der Waals surface area contributed by atoms with Crippen LogP contribution in [0.25, 0.3) is 0 Å². The highest BCUT2D eigenvalue weighted by Crippen LogP contribution is 2.31. The van der Waals surface area contributed by atoms with E-state index < -0.39 is 12.1 Å². The zero-order chi connectivity index (χ0) is 14.0. The molecule has 1 saturated heterocycles. The second-order valence-electron chi connectivity index (χ2n) is 4.11. The lowest BCUT2D eigenvalue weighted by molar-refractivity contribution is -0.124. The SMILES string of the molecule is O=C(O)c1cc(Br)cc(Br)c1NC(=O)C1CCCO1. The smallest absolute Gasteiger partial charge is 0.337 e. The monoisotopic (exact) mass is 391 g/mol. The van der Waals surface area contributed by atoms with Gasteiger partial charge >= 0.3 is 5.97 Å². The Morgan fingerprint density at radius 1 is 1.37 bits per heavy atom. The molecule has 1 aliphatic heterocycles. The van der Waals surface area contributed by atoms with Gasteiger partial charge in [0.1, 0.15) is 6.10 Å². The van der Waals surface area contributed by atoms with Gasteiger partial charge in [-0.15, -0.1) is 0 Å². The number of carboxylic acids is 1. The van der Waals surface area contributed by atoms with Gasteiger partial charge in [0.15, 0.2) is 0 Å². The third-order valence-corrected chi connectivity index (χ3v) is 3.84. The van der Waals surface area contributed by atoms with Gasteiger partial charge < -0.3 is 15.2 Å². The number of anilines is 1. The molecule has 5 nitrogen and oxygen atoms in total. The molecule has 1 aliphatic rings. The van der Waals surface area contributed by atoms with Crippen molar-refractivity contribution < 1.29 is 19.4 Å². The van der Waals surface area contributed by atoms with E-state index in [2.05, 4.69) is 37.2 Å². The number of hydrogen-bond donors (Lipinski definition) is 2. The summed E-state index contributed by atoms with van der Waals surface area (Å²) < 4.78 is 6.39. The number of ether oxygens (including phenoxy) is 1. The van der Waals surface area contributed by atoms with Crippen LogP contribution in [0.4, 0.5) is 5.69 Å². The van der Waals surface area contributed by atoms with Crippen molar-refractivity contribution in [3.63, 3.8) is 0 Å². The lowest BCUT2D eigenvalue weighted by Gasteiger charge is -2.14. The molecule has 1 aromatic rings. The number of rotatable bonds is 3. The highest BCUT2D eigenvalue weighted by molar-refractivity contribution is 9.11. The molecule has 1 amide bonds. The molecule has 1 atom stereocenters. The molecule has 19 heavy (non-hydrogen) atoms. The minimum atomic E-state index is -1.11. The minimum absolute atomic E-state index is 0.0209. The molecule has 1 unspecified atom stereocenters. The van der Waals surface area contributed by atoms with Gasteiger partial charge in [0.25, 0.3) is 5.91 Å². The Morgan fingerprint density at radius 3 is 2.68 bits per heavy atom. The first kappa shape index (κ1) is 14.5. The summed E-state index contributed by atoms with van der Waals surface area (Å²) in [5.41, 5.74) is 0.267. The quantitative estimate of drug-likeness (QED) is 0.828. The highest BCUT2D eigenvalue weighted by Gasteiger charge is 2.26. The molecule has 0 saturated carbocycles. The molecular weight excluding hydrogens is 382 g/mol. The molecule has 0 bridgehead atoms. The maximum absolute atomic E-state index is 12.0. The Bertz CT molecular complexity index is 527. The van der Waals surface area contributed by atoms with Crippen molar-refractivity contribution in [2.45, 2.75) is 18.9 Å². The van der Waals surface area contributed by atoms with E-state index in [1.54, 1.807) is 6.07 Å². The molecule has 7 heteroatoms. The van der Waals surface area contributed by atoms with E-state index in [1.807, 2.05) is 0 Å². The number of aromatic carboxylic acids is 1. The number of benzene rings is 1. The minimum Gasteiger partial charge on any atom is -0.478 e. The Balaban J connectivity index is 2.28. The summed E-state index contributed by atoms with van der Waals surface area (Å²) in [7, 11) is 0. The van der Waals surface area contributed by atoms with Gasteiger partial charge in [-0.25, -0.2) is 4.79 Å². The van der Waals surface area contributed by atoms with Gasteiger partial charge in [0.05, 0.1) is 11.3 Å².